The van der Waals surface area contributed by atoms with Gasteiger partial charge < -0.3 is 14.8 Å². The fraction of sp³-hybridized carbons (Fsp3) is 0.308. The standard InChI is InChI=1S/C13H14BrNO3S/c1-8-3-5-10(18-8)13(2,17)7-15-12(16)9-4-6-11(14)19-9/h3-6,17H,7H2,1-2H3,(H,15,16). The number of aryl methyl sites for hydroxylation is 1. The third-order valence-corrected chi connectivity index (χ3v) is 4.28. The molecule has 1 unspecified atom stereocenters. The van der Waals surface area contributed by atoms with Crippen LogP contribution < -0.4 is 5.32 Å². The minimum atomic E-state index is -1.22. The number of halogens is 1. The Morgan fingerprint density at radius 3 is 2.74 bits per heavy atom. The number of carbonyl (C=O) groups excluding carboxylic acids is 1. The lowest BCUT2D eigenvalue weighted by Crippen LogP contribution is -2.38. The van der Waals surface area contributed by atoms with Crippen molar-refractivity contribution >= 4 is 33.2 Å². The molecule has 0 spiro atoms. The molecule has 4 nitrogen and oxygen atoms in total. The zero-order chi connectivity index (χ0) is 14.0. The fourth-order valence-corrected chi connectivity index (χ4v) is 2.89. The highest BCUT2D eigenvalue weighted by Crippen LogP contribution is 2.24. The van der Waals surface area contributed by atoms with Crippen molar-refractivity contribution in [3.05, 3.63) is 44.4 Å². The average Bonchev–Trinajstić information content (AvgIpc) is 2.95. The van der Waals surface area contributed by atoms with Crippen LogP contribution in [0.5, 0.6) is 0 Å². The molecule has 1 atom stereocenters. The van der Waals surface area contributed by atoms with Gasteiger partial charge in [0.15, 0.2) is 0 Å². The molecule has 2 rings (SSSR count). The predicted molar refractivity (Wildman–Crippen MR) is 77.4 cm³/mol. The molecule has 0 bridgehead atoms. The summed E-state index contributed by atoms with van der Waals surface area (Å²) in [4.78, 5) is 12.5. The maximum Gasteiger partial charge on any atom is 0.261 e. The van der Waals surface area contributed by atoms with E-state index in [1.165, 1.54) is 11.3 Å². The molecular formula is C13H14BrNO3S. The first-order valence-electron chi connectivity index (χ1n) is 5.71. The van der Waals surface area contributed by atoms with Crippen LogP contribution in [0.25, 0.3) is 0 Å². The van der Waals surface area contributed by atoms with Crippen LogP contribution in [0, 0.1) is 6.92 Å². The number of aliphatic hydroxyl groups is 1. The molecule has 2 aromatic heterocycles. The zero-order valence-corrected chi connectivity index (χ0v) is 13.0. The van der Waals surface area contributed by atoms with E-state index in [1.54, 1.807) is 32.0 Å². The van der Waals surface area contributed by atoms with Crippen molar-refractivity contribution in [1.29, 1.82) is 0 Å². The first-order chi connectivity index (χ1) is 8.88. The van der Waals surface area contributed by atoms with E-state index in [0.717, 1.165) is 9.55 Å². The van der Waals surface area contributed by atoms with Gasteiger partial charge in [-0.1, -0.05) is 0 Å². The van der Waals surface area contributed by atoms with Gasteiger partial charge in [0, 0.05) is 0 Å². The summed E-state index contributed by atoms with van der Waals surface area (Å²) >= 11 is 4.65. The quantitative estimate of drug-likeness (QED) is 0.896. The van der Waals surface area contributed by atoms with Gasteiger partial charge in [-0.05, 0) is 54.0 Å². The van der Waals surface area contributed by atoms with E-state index in [4.69, 9.17) is 4.42 Å². The molecule has 0 aliphatic heterocycles. The lowest BCUT2D eigenvalue weighted by molar-refractivity contribution is 0.0324. The summed E-state index contributed by atoms with van der Waals surface area (Å²) in [5.41, 5.74) is -1.22. The number of furan rings is 1. The summed E-state index contributed by atoms with van der Waals surface area (Å²) in [7, 11) is 0. The Labute approximate surface area is 123 Å². The predicted octanol–water partition coefficient (Wildman–Crippen LogP) is 3.05. The van der Waals surface area contributed by atoms with E-state index in [9.17, 15) is 9.90 Å². The normalized spacial score (nSPS) is 14.1. The highest BCUT2D eigenvalue weighted by molar-refractivity contribution is 9.11. The molecule has 0 radical (unpaired) electrons. The molecule has 0 aliphatic carbocycles. The molecule has 0 aliphatic rings. The van der Waals surface area contributed by atoms with Crippen molar-refractivity contribution in [2.45, 2.75) is 19.4 Å². The van der Waals surface area contributed by atoms with Crippen molar-refractivity contribution < 1.29 is 14.3 Å². The molecule has 19 heavy (non-hydrogen) atoms. The van der Waals surface area contributed by atoms with E-state index in [2.05, 4.69) is 21.2 Å². The summed E-state index contributed by atoms with van der Waals surface area (Å²) in [6, 6.07) is 7.04. The summed E-state index contributed by atoms with van der Waals surface area (Å²) < 4.78 is 6.28. The van der Waals surface area contributed by atoms with E-state index < -0.39 is 5.60 Å². The Hall–Kier alpha value is -1.11. The number of nitrogens with one attached hydrogen (secondary N) is 1. The van der Waals surface area contributed by atoms with E-state index in [1.807, 2.05) is 6.07 Å². The van der Waals surface area contributed by atoms with Crippen molar-refractivity contribution in [3.8, 4) is 0 Å². The van der Waals surface area contributed by atoms with Gasteiger partial charge >= 0.3 is 0 Å². The Kier molecular flexibility index (Phi) is 4.13. The molecular weight excluding hydrogens is 330 g/mol. The van der Waals surface area contributed by atoms with Gasteiger partial charge in [-0.2, -0.15) is 0 Å². The summed E-state index contributed by atoms with van der Waals surface area (Å²) in [5, 5.41) is 13.0. The summed E-state index contributed by atoms with van der Waals surface area (Å²) in [6.07, 6.45) is 0. The molecule has 1 amide bonds. The van der Waals surface area contributed by atoms with Crippen molar-refractivity contribution in [3.63, 3.8) is 0 Å². The Morgan fingerprint density at radius 2 is 2.21 bits per heavy atom. The summed E-state index contributed by atoms with van der Waals surface area (Å²) in [5.74, 6) is 0.959. The van der Waals surface area contributed by atoms with E-state index in [0.29, 0.717) is 10.6 Å². The third kappa shape index (κ3) is 3.46. The monoisotopic (exact) mass is 343 g/mol. The molecule has 0 aromatic carbocycles. The van der Waals surface area contributed by atoms with E-state index >= 15 is 0 Å². The smallest absolute Gasteiger partial charge is 0.261 e. The molecule has 0 fully saturated rings. The summed E-state index contributed by atoms with van der Waals surface area (Å²) in [6.45, 7) is 3.51. The molecule has 0 saturated heterocycles. The second-order valence-corrected chi connectivity index (χ2v) is 6.93. The maximum absolute atomic E-state index is 11.9. The zero-order valence-electron chi connectivity index (χ0n) is 10.6. The number of amides is 1. The van der Waals surface area contributed by atoms with Crippen LogP contribution in [-0.2, 0) is 5.60 Å². The molecule has 0 saturated carbocycles. The van der Waals surface area contributed by atoms with Gasteiger partial charge in [0.25, 0.3) is 5.91 Å². The Morgan fingerprint density at radius 1 is 1.47 bits per heavy atom. The second-order valence-electron chi connectivity index (χ2n) is 4.47. The van der Waals surface area contributed by atoms with Crippen LogP contribution in [-0.4, -0.2) is 17.6 Å². The largest absolute Gasteiger partial charge is 0.463 e. The number of carbonyl (C=O) groups is 1. The van der Waals surface area contributed by atoms with Crippen LogP contribution in [0.15, 0.2) is 32.5 Å². The number of rotatable bonds is 4. The van der Waals surface area contributed by atoms with Crippen LogP contribution in [0.1, 0.15) is 28.1 Å². The van der Waals surface area contributed by atoms with E-state index in [-0.39, 0.29) is 12.5 Å². The van der Waals surface area contributed by atoms with Gasteiger partial charge in [0.2, 0.25) is 0 Å². The van der Waals surface area contributed by atoms with Crippen molar-refractivity contribution in [2.24, 2.45) is 0 Å². The lowest BCUT2D eigenvalue weighted by Gasteiger charge is -2.21. The second kappa shape index (κ2) is 5.48. The fourth-order valence-electron chi connectivity index (χ4n) is 1.59. The topological polar surface area (TPSA) is 62.5 Å². The lowest BCUT2D eigenvalue weighted by atomic mass is 10.0. The number of hydrogen-bond donors (Lipinski definition) is 2. The molecule has 6 heteroatoms. The van der Waals surface area contributed by atoms with Crippen LogP contribution in [0.4, 0.5) is 0 Å². The van der Waals surface area contributed by atoms with Gasteiger partial charge in [-0.3, -0.25) is 4.79 Å². The highest BCUT2D eigenvalue weighted by Gasteiger charge is 2.27. The van der Waals surface area contributed by atoms with Gasteiger partial charge in [-0.25, -0.2) is 0 Å². The SMILES string of the molecule is Cc1ccc(C(C)(O)CNC(=O)c2ccc(Br)s2)o1. The first kappa shape index (κ1) is 14.3. The number of thiophene rings is 1. The first-order valence-corrected chi connectivity index (χ1v) is 7.32. The Balaban J connectivity index is 2.00. The molecule has 2 aromatic rings. The van der Waals surface area contributed by atoms with Crippen LogP contribution in [0.3, 0.4) is 0 Å². The molecule has 102 valence electrons. The van der Waals surface area contributed by atoms with Crippen LogP contribution in [0.2, 0.25) is 0 Å². The highest BCUT2D eigenvalue weighted by atomic mass is 79.9. The average molecular weight is 344 g/mol. The Bertz CT molecular complexity index is 588. The van der Waals surface area contributed by atoms with Crippen molar-refractivity contribution in [1.82, 2.24) is 5.32 Å². The molecule has 2 heterocycles. The molecule has 2 N–H and O–H groups in total. The van der Waals surface area contributed by atoms with Crippen LogP contribution >= 0.6 is 27.3 Å². The van der Waals surface area contributed by atoms with Gasteiger partial charge in [0.1, 0.15) is 17.1 Å². The van der Waals surface area contributed by atoms with Crippen molar-refractivity contribution in [2.75, 3.05) is 6.54 Å². The third-order valence-electron chi connectivity index (χ3n) is 2.66. The number of hydrogen-bond acceptors (Lipinski definition) is 4. The van der Waals surface area contributed by atoms with Gasteiger partial charge in [0.05, 0.1) is 15.2 Å². The minimum absolute atomic E-state index is 0.0916. The minimum Gasteiger partial charge on any atom is -0.463 e. The maximum atomic E-state index is 11.9. The van der Waals surface area contributed by atoms with Gasteiger partial charge in [-0.15, -0.1) is 11.3 Å².